The van der Waals surface area contributed by atoms with Crippen molar-refractivity contribution < 1.29 is 19.3 Å². The van der Waals surface area contributed by atoms with Crippen molar-refractivity contribution in [3.05, 3.63) is 59.2 Å². The first-order valence-corrected chi connectivity index (χ1v) is 10.7. The Morgan fingerprint density at radius 1 is 1.03 bits per heavy atom. The van der Waals surface area contributed by atoms with Gasteiger partial charge < -0.3 is 10.2 Å². The van der Waals surface area contributed by atoms with Crippen LogP contribution < -0.4 is 15.1 Å². The Labute approximate surface area is 174 Å². The van der Waals surface area contributed by atoms with Crippen LogP contribution in [0, 0.1) is 25.7 Å². The quantitative estimate of drug-likeness (QED) is 0.707. The van der Waals surface area contributed by atoms with E-state index < -0.39 is 17.4 Å². The van der Waals surface area contributed by atoms with Gasteiger partial charge in [0.1, 0.15) is 17.9 Å². The maximum absolute atomic E-state index is 13.9. The summed E-state index contributed by atoms with van der Waals surface area (Å²) in [5, 5.41) is 3.02. The SMILES string of the molecule is Cc1cccc(N2C(=O)[C@H]3[C@@H](C2=O)[C@]2(C(=O)Nc4ccccc42)[NH+]2CCC[C@@H]32)c1C. The number of aryl methyl sites for hydroxylation is 1. The van der Waals surface area contributed by atoms with Crippen molar-refractivity contribution in [1.82, 2.24) is 0 Å². The minimum Gasteiger partial charge on any atom is -0.320 e. The Hall–Kier alpha value is -2.99. The van der Waals surface area contributed by atoms with Crippen LogP contribution in [0.4, 0.5) is 11.4 Å². The number of carbonyl (C=O) groups excluding carboxylic acids is 3. The standard InChI is InChI=1S/C24H23N3O3/c1-13-7-5-10-17(14(13)2)27-21(28)19-18-11-6-12-26(18)24(20(19)22(27)29)15-8-3-4-9-16(15)25-23(24)30/h3-5,7-10,18-20H,6,11-12H2,1-2H3,(H,25,30)/p+1/t18-,19+,20-,24+/m0/s1. The lowest BCUT2D eigenvalue weighted by Gasteiger charge is -2.33. The second kappa shape index (κ2) is 5.79. The summed E-state index contributed by atoms with van der Waals surface area (Å²) >= 11 is 0. The van der Waals surface area contributed by atoms with Crippen molar-refractivity contribution >= 4 is 29.1 Å². The van der Waals surface area contributed by atoms with E-state index in [1.54, 1.807) is 0 Å². The number of fused-ring (bicyclic) bond motifs is 7. The van der Waals surface area contributed by atoms with Crippen LogP contribution in [0.15, 0.2) is 42.5 Å². The number of rotatable bonds is 1. The minimum absolute atomic E-state index is 0.00142. The molecule has 0 saturated carbocycles. The van der Waals surface area contributed by atoms with Gasteiger partial charge in [0.05, 0.1) is 17.9 Å². The first kappa shape index (κ1) is 17.8. The summed E-state index contributed by atoms with van der Waals surface area (Å²) in [5.74, 6) is -1.62. The third-order valence-electron chi connectivity index (χ3n) is 7.94. The van der Waals surface area contributed by atoms with Gasteiger partial charge in [-0.2, -0.15) is 0 Å². The lowest BCUT2D eigenvalue weighted by Crippen LogP contribution is -3.19. The Bertz CT molecular complexity index is 1140. The fourth-order valence-electron chi connectivity index (χ4n) is 6.63. The number of anilines is 2. The normalized spacial score (nSPS) is 33.8. The van der Waals surface area contributed by atoms with E-state index in [9.17, 15) is 14.4 Å². The topological polar surface area (TPSA) is 70.9 Å². The fourth-order valence-corrected chi connectivity index (χ4v) is 6.63. The monoisotopic (exact) mass is 402 g/mol. The Morgan fingerprint density at radius 3 is 2.67 bits per heavy atom. The number of hydrogen-bond donors (Lipinski definition) is 2. The molecule has 1 spiro atoms. The lowest BCUT2D eigenvalue weighted by atomic mass is 9.75. The molecule has 3 saturated heterocycles. The second-order valence-corrected chi connectivity index (χ2v) is 9.07. The molecule has 0 aliphatic carbocycles. The number of nitrogens with one attached hydrogen (secondary N) is 2. The van der Waals surface area contributed by atoms with E-state index in [4.69, 9.17) is 0 Å². The number of hydrogen-bond acceptors (Lipinski definition) is 3. The van der Waals surface area contributed by atoms with Gasteiger partial charge in [0.15, 0.2) is 0 Å². The molecule has 0 radical (unpaired) electrons. The van der Waals surface area contributed by atoms with E-state index in [2.05, 4.69) is 5.32 Å². The molecule has 0 bridgehead atoms. The van der Waals surface area contributed by atoms with E-state index >= 15 is 0 Å². The molecule has 4 heterocycles. The number of imide groups is 1. The molecule has 6 nitrogen and oxygen atoms in total. The van der Waals surface area contributed by atoms with Crippen LogP contribution in [0.2, 0.25) is 0 Å². The van der Waals surface area contributed by atoms with Gasteiger partial charge >= 0.3 is 0 Å². The zero-order valence-corrected chi connectivity index (χ0v) is 17.1. The molecule has 2 aromatic carbocycles. The van der Waals surface area contributed by atoms with E-state index in [1.807, 2.05) is 56.3 Å². The number of benzene rings is 2. The van der Waals surface area contributed by atoms with Crippen LogP contribution in [0.25, 0.3) is 0 Å². The lowest BCUT2D eigenvalue weighted by molar-refractivity contribution is -0.948. The molecule has 4 aliphatic rings. The number of quaternary nitrogens is 1. The molecule has 2 aromatic rings. The molecular formula is C24H24N3O3+. The summed E-state index contributed by atoms with van der Waals surface area (Å²) in [7, 11) is 0. The first-order valence-electron chi connectivity index (χ1n) is 10.7. The summed E-state index contributed by atoms with van der Waals surface area (Å²) in [5.41, 5.74) is 3.25. The highest BCUT2D eigenvalue weighted by Crippen LogP contribution is 2.52. The van der Waals surface area contributed by atoms with Gasteiger partial charge in [-0.1, -0.05) is 30.3 Å². The summed E-state index contributed by atoms with van der Waals surface area (Å²) in [6.45, 7) is 4.74. The van der Waals surface area contributed by atoms with Crippen molar-refractivity contribution in [1.29, 1.82) is 0 Å². The third kappa shape index (κ3) is 1.86. The van der Waals surface area contributed by atoms with E-state index in [0.29, 0.717) is 5.69 Å². The maximum Gasteiger partial charge on any atom is 0.291 e. The number of para-hydroxylation sites is 1. The smallest absolute Gasteiger partial charge is 0.291 e. The summed E-state index contributed by atoms with van der Waals surface area (Å²) < 4.78 is 0. The van der Waals surface area contributed by atoms with Gasteiger partial charge in [0.2, 0.25) is 17.4 Å². The van der Waals surface area contributed by atoms with Gasteiger partial charge in [-0.25, -0.2) is 4.90 Å². The van der Waals surface area contributed by atoms with Crippen molar-refractivity contribution in [3.63, 3.8) is 0 Å². The highest BCUT2D eigenvalue weighted by molar-refractivity contribution is 6.25. The number of amides is 3. The minimum atomic E-state index is -1.01. The molecule has 0 aromatic heterocycles. The highest BCUT2D eigenvalue weighted by atomic mass is 16.2. The fraction of sp³-hybridized carbons (Fsp3) is 0.375. The van der Waals surface area contributed by atoms with Crippen LogP contribution in [-0.4, -0.2) is 30.3 Å². The van der Waals surface area contributed by atoms with E-state index in [1.165, 1.54) is 4.90 Å². The predicted molar refractivity (Wildman–Crippen MR) is 111 cm³/mol. The molecular weight excluding hydrogens is 378 g/mol. The van der Waals surface area contributed by atoms with Gasteiger partial charge in [0, 0.05) is 18.4 Å². The van der Waals surface area contributed by atoms with Crippen molar-refractivity contribution in [2.45, 2.75) is 38.3 Å². The van der Waals surface area contributed by atoms with E-state index in [-0.39, 0.29) is 23.8 Å². The largest absolute Gasteiger partial charge is 0.320 e. The second-order valence-electron chi connectivity index (χ2n) is 9.07. The number of nitrogens with zero attached hydrogens (tertiary/aromatic N) is 1. The highest BCUT2D eigenvalue weighted by Gasteiger charge is 2.78. The average Bonchev–Trinajstić information content (AvgIpc) is 3.43. The zero-order valence-electron chi connectivity index (χ0n) is 17.1. The van der Waals surface area contributed by atoms with Gasteiger partial charge in [0.25, 0.3) is 5.91 Å². The number of carbonyl (C=O) groups is 3. The zero-order chi connectivity index (χ0) is 20.8. The Kier molecular flexibility index (Phi) is 3.44. The van der Waals surface area contributed by atoms with Crippen molar-refractivity contribution in [2.75, 3.05) is 16.8 Å². The molecule has 30 heavy (non-hydrogen) atoms. The average molecular weight is 402 g/mol. The van der Waals surface area contributed by atoms with Gasteiger partial charge in [-0.15, -0.1) is 0 Å². The van der Waals surface area contributed by atoms with E-state index in [0.717, 1.165) is 46.7 Å². The molecule has 6 rings (SSSR count). The predicted octanol–water partition coefficient (Wildman–Crippen LogP) is 1.32. The van der Waals surface area contributed by atoms with Crippen LogP contribution in [0.5, 0.6) is 0 Å². The Morgan fingerprint density at radius 2 is 1.83 bits per heavy atom. The van der Waals surface area contributed by atoms with Crippen LogP contribution in [-0.2, 0) is 19.9 Å². The molecule has 4 aliphatic heterocycles. The molecule has 152 valence electrons. The first-order chi connectivity index (χ1) is 14.5. The molecule has 5 atom stereocenters. The van der Waals surface area contributed by atoms with Crippen molar-refractivity contribution in [2.24, 2.45) is 11.8 Å². The van der Waals surface area contributed by atoms with Gasteiger partial charge in [-0.3, -0.25) is 14.4 Å². The third-order valence-corrected chi connectivity index (χ3v) is 7.94. The van der Waals surface area contributed by atoms with Crippen molar-refractivity contribution in [3.8, 4) is 0 Å². The molecule has 3 amide bonds. The molecule has 6 heteroatoms. The Balaban J connectivity index is 1.57. The summed E-state index contributed by atoms with van der Waals surface area (Å²) in [6, 6.07) is 13.4. The summed E-state index contributed by atoms with van der Waals surface area (Å²) in [4.78, 5) is 43.7. The molecule has 2 N–H and O–H groups in total. The van der Waals surface area contributed by atoms with Crippen LogP contribution in [0.1, 0.15) is 29.5 Å². The molecule has 1 unspecified atom stereocenters. The van der Waals surface area contributed by atoms with Gasteiger partial charge in [-0.05, 0) is 37.1 Å². The summed E-state index contributed by atoms with van der Waals surface area (Å²) in [6.07, 6.45) is 1.83. The van der Waals surface area contributed by atoms with Crippen LogP contribution >= 0.6 is 0 Å². The van der Waals surface area contributed by atoms with Crippen LogP contribution in [0.3, 0.4) is 0 Å². The maximum atomic E-state index is 13.9. The molecule has 3 fully saturated rings.